The number of fused-ring (bicyclic) bond motifs is 1. The van der Waals surface area contributed by atoms with Crippen molar-refractivity contribution in [1.82, 2.24) is 24.5 Å². The third kappa shape index (κ3) is 3.40. The summed E-state index contributed by atoms with van der Waals surface area (Å²) < 4.78 is 7.43. The lowest BCUT2D eigenvalue weighted by atomic mass is 10.1. The van der Waals surface area contributed by atoms with E-state index in [0.29, 0.717) is 23.5 Å². The van der Waals surface area contributed by atoms with E-state index in [0.717, 1.165) is 42.0 Å². The summed E-state index contributed by atoms with van der Waals surface area (Å²) >= 11 is 0. The lowest BCUT2D eigenvalue weighted by Crippen LogP contribution is -2.09. The molecule has 0 bridgehead atoms. The number of pyridine rings is 1. The number of anilines is 2. The van der Waals surface area contributed by atoms with Crippen molar-refractivity contribution in [3.05, 3.63) is 29.3 Å². The minimum Gasteiger partial charge on any atom is -0.496 e. The highest BCUT2D eigenvalue weighted by molar-refractivity contribution is 5.84. The molecule has 26 heavy (non-hydrogen) atoms. The first-order valence-electron chi connectivity index (χ1n) is 8.76. The molecular formula is C18H25N7O. The van der Waals surface area contributed by atoms with Gasteiger partial charge < -0.3 is 20.4 Å². The number of imidazole rings is 1. The van der Waals surface area contributed by atoms with Crippen LogP contribution in [0.1, 0.15) is 36.6 Å². The SMILES string of the molecule is CCCCNc1nc(N)nc2c1ncn2Cc1ncc(C)c(OC)c1C. The monoisotopic (exact) mass is 355 g/mol. The van der Waals surface area contributed by atoms with Gasteiger partial charge in [0, 0.05) is 23.9 Å². The van der Waals surface area contributed by atoms with Crippen LogP contribution in [0.2, 0.25) is 0 Å². The van der Waals surface area contributed by atoms with Crippen molar-refractivity contribution in [1.29, 1.82) is 0 Å². The van der Waals surface area contributed by atoms with Gasteiger partial charge in [0.05, 0.1) is 25.7 Å². The minimum absolute atomic E-state index is 0.226. The van der Waals surface area contributed by atoms with E-state index >= 15 is 0 Å². The van der Waals surface area contributed by atoms with Crippen molar-refractivity contribution in [2.45, 2.75) is 40.2 Å². The number of rotatable bonds is 7. The zero-order valence-electron chi connectivity index (χ0n) is 15.7. The molecule has 0 amide bonds. The molecule has 8 heteroatoms. The van der Waals surface area contributed by atoms with E-state index in [1.165, 1.54) is 0 Å². The molecule has 3 heterocycles. The molecule has 0 unspecified atom stereocenters. The molecule has 0 aliphatic carbocycles. The zero-order valence-corrected chi connectivity index (χ0v) is 15.7. The Morgan fingerprint density at radius 1 is 1.23 bits per heavy atom. The summed E-state index contributed by atoms with van der Waals surface area (Å²) in [5.74, 6) is 1.76. The number of aromatic nitrogens is 5. The Labute approximate surface area is 152 Å². The van der Waals surface area contributed by atoms with Crippen LogP contribution in [-0.4, -0.2) is 38.2 Å². The maximum Gasteiger partial charge on any atom is 0.224 e. The first-order valence-corrected chi connectivity index (χ1v) is 8.76. The number of nitrogens with zero attached hydrogens (tertiary/aromatic N) is 5. The largest absolute Gasteiger partial charge is 0.496 e. The summed E-state index contributed by atoms with van der Waals surface area (Å²) in [6, 6.07) is 0. The molecule has 3 aromatic heterocycles. The molecule has 0 saturated heterocycles. The third-order valence-electron chi connectivity index (χ3n) is 4.37. The van der Waals surface area contributed by atoms with Crippen molar-refractivity contribution < 1.29 is 4.74 Å². The second-order valence-electron chi connectivity index (χ2n) is 6.30. The number of hydrogen-bond acceptors (Lipinski definition) is 7. The highest BCUT2D eigenvalue weighted by Gasteiger charge is 2.15. The Hall–Kier alpha value is -2.90. The molecule has 0 fully saturated rings. The standard InChI is InChI=1S/C18H25N7O/c1-5-6-7-20-16-14-17(24-18(19)23-16)25(10-22-14)9-13-12(3)15(26-4)11(2)8-21-13/h8,10H,5-7,9H2,1-4H3,(H3,19,20,23,24). The smallest absolute Gasteiger partial charge is 0.224 e. The summed E-state index contributed by atoms with van der Waals surface area (Å²) in [4.78, 5) is 17.7. The fourth-order valence-corrected chi connectivity index (χ4v) is 2.98. The highest BCUT2D eigenvalue weighted by atomic mass is 16.5. The van der Waals surface area contributed by atoms with Crippen molar-refractivity contribution in [2.24, 2.45) is 0 Å². The molecule has 0 aliphatic rings. The normalized spacial score (nSPS) is 11.1. The van der Waals surface area contributed by atoms with Crippen LogP contribution in [0.15, 0.2) is 12.5 Å². The Morgan fingerprint density at radius 3 is 2.77 bits per heavy atom. The van der Waals surface area contributed by atoms with E-state index in [2.05, 4.69) is 32.2 Å². The maximum absolute atomic E-state index is 5.91. The van der Waals surface area contributed by atoms with Crippen molar-refractivity contribution in [3.63, 3.8) is 0 Å². The minimum atomic E-state index is 0.226. The molecule has 0 spiro atoms. The van der Waals surface area contributed by atoms with Crippen molar-refractivity contribution >= 4 is 22.9 Å². The van der Waals surface area contributed by atoms with Gasteiger partial charge in [-0.1, -0.05) is 13.3 Å². The average molecular weight is 355 g/mol. The van der Waals surface area contributed by atoms with E-state index < -0.39 is 0 Å². The molecule has 0 atom stereocenters. The van der Waals surface area contributed by atoms with E-state index in [9.17, 15) is 0 Å². The number of ether oxygens (including phenoxy) is 1. The summed E-state index contributed by atoms with van der Waals surface area (Å²) in [5.41, 5.74) is 10.2. The number of aryl methyl sites for hydroxylation is 1. The quantitative estimate of drug-likeness (QED) is 0.628. The van der Waals surface area contributed by atoms with Crippen LogP contribution in [0.4, 0.5) is 11.8 Å². The van der Waals surface area contributed by atoms with Crippen LogP contribution in [0.5, 0.6) is 5.75 Å². The third-order valence-corrected chi connectivity index (χ3v) is 4.37. The molecule has 3 aromatic rings. The number of nitrogens with one attached hydrogen (secondary N) is 1. The van der Waals surface area contributed by atoms with E-state index in [1.54, 1.807) is 13.4 Å². The lowest BCUT2D eigenvalue weighted by molar-refractivity contribution is 0.406. The number of methoxy groups -OCH3 is 1. The van der Waals surface area contributed by atoms with Gasteiger partial charge in [-0.05, 0) is 20.3 Å². The van der Waals surface area contributed by atoms with Crippen molar-refractivity contribution in [3.8, 4) is 5.75 Å². The Morgan fingerprint density at radius 2 is 2.04 bits per heavy atom. The van der Waals surface area contributed by atoms with Gasteiger partial charge in [-0.3, -0.25) is 4.98 Å². The van der Waals surface area contributed by atoms with Gasteiger partial charge in [0.2, 0.25) is 5.95 Å². The molecule has 138 valence electrons. The van der Waals surface area contributed by atoms with Crippen LogP contribution in [0, 0.1) is 13.8 Å². The van der Waals surface area contributed by atoms with E-state index in [4.69, 9.17) is 10.5 Å². The maximum atomic E-state index is 5.91. The molecule has 0 aromatic carbocycles. The molecule has 0 radical (unpaired) electrons. The highest BCUT2D eigenvalue weighted by Crippen LogP contribution is 2.26. The summed E-state index contributed by atoms with van der Waals surface area (Å²) in [7, 11) is 1.67. The zero-order chi connectivity index (χ0) is 18.7. The van der Waals surface area contributed by atoms with Gasteiger partial charge in [-0.2, -0.15) is 9.97 Å². The van der Waals surface area contributed by atoms with Crippen LogP contribution in [-0.2, 0) is 6.54 Å². The fourth-order valence-electron chi connectivity index (χ4n) is 2.98. The number of nitrogens with two attached hydrogens (primary N) is 1. The predicted molar refractivity (Wildman–Crippen MR) is 102 cm³/mol. The van der Waals surface area contributed by atoms with Gasteiger partial charge in [0.1, 0.15) is 5.75 Å². The average Bonchev–Trinajstić information content (AvgIpc) is 3.01. The fraction of sp³-hybridized carbons (Fsp3) is 0.444. The lowest BCUT2D eigenvalue weighted by Gasteiger charge is -2.13. The van der Waals surface area contributed by atoms with E-state index in [-0.39, 0.29) is 5.95 Å². The Bertz CT molecular complexity index is 920. The summed E-state index contributed by atoms with van der Waals surface area (Å²) in [6.45, 7) is 7.49. The van der Waals surface area contributed by atoms with Crippen LogP contribution >= 0.6 is 0 Å². The van der Waals surface area contributed by atoms with Gasteiger partial charge in [-0.25, -0.2) is 4.98 Å². The Balaban J connectivity index is 1.97. The summed E-state index contributed by atoms with van der Waals surface area (Å²) in [5, 5.41) is 3.30. The predicted octanol–water partition coefficient (Wildman–Crippen LogP) is 2.69. The van der Waals surface area contributed by atoms with Gasteiger partial charge in [0.15, 0.2) is 17.0 Å². The number of unbranched alkanes of at least 4 members (excludes halogenated alkanes) is 1. The molecule has 0 aliphatic heterocycles. The number of hydrogen-bond donors (Lipinski definition) is 2. The first-order chi connectivity index (χ1) is 12.5. The Kier molecular flexibility index (Phi) is 5.20. The topological polar surface area (TPSA) is 104 Å². The molecule has 8 nitrogen and oxygen atoms in total. The second-order valence-corrected chi connectivity index (χ2v) is 6.30. The van der Waals surface area contributed by atoms with Crippen LogP contribution in [0.25, 0.3) is 11.2 Å². The molecule has 3 N–H and O–H groups in total. The van der Waals surface area contributed by atoms with Crippen LogP contribution in [0.3, 0.4) is 0 Å². The van der Waals surface area contributed by atoms with E-state index in [1.807, 2.05) is 24.6 Å². The molecular weight excluding hydrogens is 330 g/mol. The molecule has 0 saturated carbocycles. The second kappa shape index (κ2) is 7.55. The first kappa shape index (κ1) is 17.9. The molecule has 3 rings (SSSR count). The number of nitrogen functional groups attached to an aromatic ring is 1. The summed E-state index contributed by atoms with van der Waals surface area (Å²) in [6.07, 6.45) is 5.72. The van der Waals surface area contributed by atoms with Crippen LogP contribution < -0.4 is 15.8 Å². The van der Waals surface area contributed by atoms with Gasteiger partial charge in [-0.15, -0.1) is 0 Å². The van der Waals surface area contributed by atoms with Gasteiger partial charge in [0.25, 0.3) is 0 Å². The van der Waals surface area contributed by atoms with Crippen molar-refractivity contribution in [2.75, 3.05) is 24.7 Å². The van der Waals surface area contributed by atoms with Gasteiger partial charge >= 0.3 is 0 Å².